The first kappa shape index (κ1) is 3.65. The van der Waals surface area contributed by atoms with Crippen molar-refractivity contribution in [3.8, 4) is 0 Å². The standard InChI is InChI=1S/C4H8O2/c1-3(2)4(5)6/h3H,1-2H3,(H,5,6)/i1T. The quantitative estimate of drug-likeness (QED) is 0.515. The summed E-state index contributed by atoms with van der Waals surface area (Å²) in [6.07, 6.45) is 0. The first-order chi connectivity index (χ1) is 3.18. The molecule has 2 nitrogen and oxygen atoms in total. The van der Waals surface area contributed by atoms with Crippen molar-refractivity contribution in [2.75, 3.05) is 0 Å². The van der Waals surface area contributed by atoms with Gasteiger partial charge in [-0.05, 0) is 0 Å². The number of carboxylic acids is 1. The van der Waals surface area contributed by atoms with Gasteiger partial charge in [-0.1, -0.05) is 13.8 Å². The first-order valence-corrected chi connectivity index (χ1v) is 1.70. The lowest BCUT2D eigenvalue weighted by Gasteiger charge is -1.89. The maximum atomic E-state index is 9.81. The van der Waals surface area contributed by atoms with E-state index in [0.29, 0.717) is 0 Å². The van der Waals surface area contributed by atoms with E-state index in [1.807, 2.05) is 0 Å². The van der Waals surface area contributed by atoms with Gasteiger partial charge >= 0.3 is 5.97 Å². The molecule has 0 bridgehead atoms. The average molecular weight is 90.1 g/mol. The van der Waals surface area contributed by atoms with Gasteiger partial charge in [-0.25, -0.2) is 0 Å². The first-order valence-electron chi connectivity index (χ1n) is 2.41. The summed E-state index contributed by atoms with van der Waals surface area (Å²) in [6, 6.07) is 0. The van der Waals surface area contributed by atoms with Crippen LogP contribution in [0.25, 0.3) is 0 Å². The third-order valence-electron chi connectivity index (χ3n) is 0.422. The van der Waals surface area contributed by atoms with Crippen LogP contribution < -0.4 is 0 Å². The topological polar surface area (TPSA) is 37.3 Å². The van der Waals surface area contributed by atoms with E-state index in [1.54, 1.807) is 0 Å². The molecule has 0 spiro atoms. The zero-order valence-electron chi connectivity index (χ0n) is 4.64. The Morgan fingerprint density at radius 2 is 2.67 bits per heavy atom. The Labute approximate surface area is 38.2 Å². The maximum Gasteiger partial charge on any atom is 0.305 e. The van der Waals surface area contributed by atoms with Crippen molar-refractivity contribution < 1.29 is 11.3 Å². The van der Waals surface area contributed by atoms with Crippen LogP contribution in [0.3, 0.4) is 0 Å². The van der Waals surface area contributed by atoms with Gasteiger partial charge in [0.15, 0.2) is 0 Å². The van der Waals surface area contributed by atoms with Crippen LogP contribution in [0.2, 0.25) is 0 Å². The molecule has 0 aromatic heterocycles. The highest BCUT2D eigenvalue weighted by Crippen LogP contribution is 1.87. The molecular formula is C4H8O2. The zero-order valence-corrected chi connectivity index (χ0v) is 3.64. The van der Waals surface area contributed by atoms with Crippen molar-refractivity contribution >= 4 is 5.97 Å². The summed E-state index contributed by atoms with van der Waals surface area (Å²) in [4.78, 5) is 9.81. The predicted molar refractivity (Wildman–Crippen MR) is 22.5 cm³/mol. The minimum atomic E-state index is -0.894. The van der Waals surface area contributed by atoms with Crippen molar-refractivity contribution in [3.05, 3.63) is 0 Å². The molecule has 2 heteroatoms. The van der Waals surface area contributed by atoms with Crippen LogP contribution in [0.4, 0.5) is 0 Å². The van der Waals surface area contributed by atoms with Crippen LogP contribution in [0.1, 0.15) is 15.2 Å². The molecule has 0 rings (SSSR count). The monoisotopic (exact) mass is 90.1 g/mol. The minimum absolute atomic E-state index is 0.0324. The smallest absolute Gasteiger partial charge is 0.305 e. The van der Waals surface area contributed by atoms with E-state index < -0.39 is 11.9 Å². The average Bonchev–Trinajstić information content (AvgIpc) is 1.65. The number of hydrogen-bond donors (Lipinski definition) is 1. The summed E-state index contributed by atoms with van der Waals surface area (Å²) < 4.78 is 6.56. The lowest BCUT2D eigenvalue weighted by molar-refractivity contribution is -0.140. The van der Waals surface area contributed by atoms with Gasteiger partial charge < -0.3 is 5.11 Å². The molecule has 36 valence electrons. The molecule has 0 aromatic carbocycles. The highest BCUT2D eigenvalue weighted by atomic mass is 16.4. The van der Waals surface area contributed by atoms with Crippen LogP contribution >= 0.6 is 0 Å². The number of rotatable bonds is 1. The van der Waals surface area contributed by atoms with E-state index >= 15 is 0 Å². The Kier molecular flexibility index (Phi) is 1.10. The van der Waals surface area contributed by atoms with E-state index in [-0.39, 0.29) is 6.90 Å². The van der Waals surface area contributed by atoms with Crippen molar-refractivity contribution in [2.24, 2.45) is 5.92 Å². The molecule has 0 aliphatic heterocycles. The van der Waals surface area contributed by atoms with Gasteiger partial charge in [0.05, 0.1) is 5.92 Å². The van der Waals surface area contributed by atoms with Crippen LogP contribution in [0.15, 0.2) is 0 Å². The van der Waals surface area contributed by atoms with Gasteiger partial charge in [-0.3, -0.25) is 4.79 Å². The van der Waals surface area contributed by atoms with Crippen molar-refractivity contribution in [2.45, 2.75) is 13.8 Å². The molecule has 0 fully saturated rings. The number of aliphatic carboxylic acids is 1. The Hall–Kier alpha value is -0.530. The van der Waals surface area contributed by atoms with E-state index in [2.05, 4.69) is 0 Å². The highest BCUT2D eigenvalue weighted by Gasteiger charge is 1.99. The third kappa shape index (κ3) is 1.76. The van der Waals surface area contributed by atoms with Crippen LogP contribution in [0.5, 0.6) is 0 Å². The van der Waals surface area contributed by atoms with E-state index in [4.69, 9.17) is 6.48 Å². The summed E-state index contributed by atoms with van der Waals surface area (Å²) in [6.45, 7) is 1.48. The largest absolute Gasteiger partial charge is 0.481 e. The molecule has 0 aliphatic carbocycles. The second-order valence-electron chi connectivity index (χ2n) is 1.24. The number of carbonyl (C=O) groups is 1. The van der Waals surface area contributed by atoms with Gasteiger partial charge in [0.1, 0.15) is 0 Å². The lowest BCUT2D eigenvalue weighted by Crippen LogP contribution is -2.03. The predicted octanol–water partition coefficient (Wildman–Crippen LogP) is 0.727. The SMILES string of the molecule is [3H]CC(C)C(=O)O. The van der Waals surface area contributed by atoms with Gasteiger partial charge in [0.2, 0.25) is 0 Å². The molecule has 1 atom stereocenters. The second-order valence-corrected chi connectivity index (χ2v) is 1.24. The summed E-state index contributed by atoms with van der Waals surface area (Å²) in [5.74, 6) is -1.41. The fourth-order valence-corrected chi connectivity index (χ4v) is 0. The normalized spacial score (nSPS) is 15.8. The summed E-state index contributed by atoms with van der Waals surface area (Å²) >= 11 is 0. The molecule has 0 saturated heterocycles. The molecule has 0 radical (unpaired) electrons. The molecule has 0 amide bonds. The van der Waals surface area contributed by atoms with E-state index in [9.17, 15) is 4.79 Å². The second kappa shape index (κ2) is 1.80. The zero-order chi connectivity index (χ0) is 5.86. The van der Waals surface area contributed by atoms with E-state index in [1.165, 1.54) is 6.92 Å². The molecule has 0 aromatic rings. The fraction of sp³-hybridized carbons (Fsp3) is 0.750. The van der Waals surface area contributed by atoms with Gasteiger partial charge in [0.25, 0.3) is 0 Å². The molecule has 1 unspecified atom stereocenters. The Morgan fingerprint density at radius 1 is 2.17 bits per heavy atom. The summed E-state index contributed by atoms with van der Waals surface area (Å²) in [5.41, 5.74) is 0. The van der Waals surface area contributed by atoms with Crippen molar-refractivity contribution in [3.63, 3.8) is 0 Å². The lowest BCUT2D eigenvalue weighted by atomic mass is 10.2. The Morgan fingerprint density at radius 3 is 2.67 bits per heavy atom. The fourth-order valence-electron chi connectivity index (χ4n) is 0. The van der Waals surface area contributed by atoms with Gasteiger partial charge in [-0.2, -0.15) is 0 Å². The highest BCUT2D eigenvalue weighted by molar-refractivity contribution is 5.68. The van der Waals surface area contributed by atoms with Crippen LogP contribution in [-0.2, 0) is 4.79 Å². The molecular weight excluding hydrogens is 80.0 g/mol. The number of carboxylic acid groups (broad SMARTS) is 1. The maximum absolute atomic E-state index is 9.81. The number of hydrogen-bond acceptors (Lipinski definition) is 1. The molecule has 0 aliphatic rings. The summed E-state index contributed by atoms with van der Waals surface area (Å²) in [5, 5.41) is 8.06. The molecule has 6 heavy (non-hydrogen) atoms. The van der Waals surface area contributed by atoms with Crippen LogP contribution in [0, 0.1) is 5.92 Å². The Balaban J connectivity index is 3.34. The van der Waals surface area contributed by atoms with Gasteiger partial charge in [-0.15, -0.1) is 0 Å². The van der Waals surface area contributed by atoms with E-state index in [0.717, 1.165) is 0 Å². The minimum Gasteiger partial charge on any atom is -0.481 e. The molecule has 0 heterocycles. The third-order valence-corrected chi connectivity index (χ3v) is 0.422. The van der Waals surface area contributed by atoms with Crippen LogP contribution in [-0.4, -0.2) is 11.1 Å². The van der Waals surface area contributed by atoms with Gasteiger partial charge in [0, 0.05) is 1.37 Å². The van der Waals surface area contributed by atoms with Crippen molar-refractivity contribution in [1.82, 2.24) is 0 Å². The molecule has 0 saturated carbocycles. The summed E-state index contributed by atoms with van der Waals surface area (Å²) in [7, 11) is 0. The Bertz CT molecular complexity index is 72.1. The molecule has 1 N–H and O–H groups in total. The van der Waals surface area contributed by atoms with Crippen molar-refractivity contribution in [1.29, 1.82) is 0 Å².